The number of carbonyl (C=O) groups is 1. The van der Waals surface area contributed by atoms with Gasteiger partial charge in [0, 0.05) is 24.2 Å². The summed E-state index contributed by atoms with van der Waals surface area (Å²) in [5.74, 6) is 0.0442. The summed E-state index contributed by atoms with van der Waals surface area (Å²) in [5, 5.41) is 7.10. The molecule has 4 nitrogen and oxygen atoms in total. The predicted octanol–water partition coefficient (Wildman–Crippen LogP) is 1.32. The fourth-order valence-electron chi connectivity index (χ4n) is 1.27. The highest BCUT2D eigenvalue weighted by molar-refractivity contribution is 7.11. The molecule has 0 aromatic carbocycles. The van der Waals surface area contributed by atoms with E-state index in [2.05, 4.69) is 22.5 Å². The number of thiazole rings is 1. The molecule has 0 saturated heterocycles. The Bertz CT molecular complexity index is 338. The Hall–Kier alpha value is -0.940. The van der Waals surface area contributed by atoms with E-state index in [0.717, 1.165) is 11.4 Å². The van der Waals surface area contributed by atoms with Crippen LogP contribution in [0.1, 0.15) is 30.7 Å². The van der Waals surface area contributed by atoms with Crippen LogP contribution >= 0.6 is 11.3 Å². The van der Waals surface area contributed by atoms with E-state index in [0.29, 0.717) is 13.1 Å². The Balaban J connectivity index is 2.36. The van der Waals surface area contributed by atoms with Gasteiger partial charge in [-0.1, -0.05) is 6.92 Å². The van der Waals surface area contributed by atoms with Crippen molar-refractivity contribution in [3.05, 3.63) is 16.1 Å². The summed E-state index contributed by atoms with van der Waals surface area (Å²) in [5.41, 5.74) is 0. The lowest BCUT2D eigenvalue weighted by atomic mass is 10.3. The van der Waals surface area contributed by atoms with Crippen LogP contribution in [-0.4, -0.2) is 23.5 Å². The van der Waals surface area contributed by atoms with Crippen molar-refractivity contribution in [1.29, 1.82) is 0 Å². The van der Waals surface area contributed by atoms with E-state index >= 15 is 0 Å². The van der Waals surface area contributed by atoms with Crippen molar-refractivity contribution in [2.75, 3.05) is 6.54 Å². The van der Waals surface area contributed by atoms with Gasteiger partial charge in [0.15, 0.2) is 0 Å². The average molecular weight is 241 g/mol. The smallest absolute Gasteiger partial charge is 0.236 e. The lowest BCUT2D eigenvalue weighted by molar-refractivity contribution is -0.122. The molecule has 0 radical (unpaired) electrons. The number of likely N-dealkylation sites (N-methyl/N-ethyl adjacent to an activating group) is 1. The Labute approximate surface area is 100 Å². The molecule has 16 heavy (non-hydrogen) atoms. The zero-order chi connectivity index (χ0) is 12.0. The molecule has 0 aliphatic heterocycles. The monoisotopic (exact) mass is 241 g/mol. The van der Waals surface area contributed by atoms with Crippen LogP contribution in [0.5, 0.6) is 0 Å². The van der Waals surface area contributed by atoms with Crippen LogP contribution in [0.25, 0.3) is 0 Å². The molecule has 2 N–H and O–H groups in total. The van der Waals surface area contributed by atoms with Crippen LogP contribution < -0.4 is 10.6 Å². The molecule has 1 amide bonds. The number of hydrogen-bond donors (Lipinski definition) is 2. The SMILES string of the molecule is CCNC(=O)C(C)NCc1cnc(CC)s1. The molecule has 1 atom stereocenters. The molecule has 0 aliphatic rings. The summed E-state index contributed by atoms with van der Waals surface area (Å²) in [7, 11) is 0. The second-order valence-corrected chi connectivity index (χ2v) is 4.77. The van der Waals surface area contributed by atoms with Crippen molar-refractivity contribution < 1.29 is 4.79 Å². The van der Waals surface area contributed by atoms with Crippen LogP contribution in [0.15, 0.2) is 6.20 Å². The number of aryl methyl sites for hydroxylation is 1. The number of hydrogen-bond acceptors (Lipinski definition) is 4. The van der Waals surface area contributed by atoms with Crippen molar-refractivity contribution in [3.8, 4) is 0 Å². The Morgan fingerprint density at radius 1 is 1.56 bits per heavy atom. The van der Waals surface area contributed by atoms with Crippen molar-refractivity contribution >= 4 is 17.2 Å². The molecular formula is C11H19N3OS. The zero-order valence-electron chi connectivity index (χ0n) is 10.0. The predicted molar refractivity (Wildman–Crippen MR) is 66.5 cm³/mol. The summed E-state index contributed by atoms with van der Waals surface area (Å²) >= 11 is 1.69. The normalized spacial score (nSPS) is 12.4. The van der Waals surface area contributed by atoms with E-state index in [1.807, 2.05) is 20.0 Å². The van der Waals surface area contributed by atoms with Crippen LogP contribution in [0.4, 0.5) is 0 Å². The van der Waals surface area contributed by atoms with Crippen LogP contribution in [0.3, 0.4) is 0 Å². The first-order valence-electron chi connectivity index (χ1n) is 5.62. The number of aromatic nitrogens is 1. The van der Waals surface area contributed by atoms with E-state index in [-0.39, 0.29) is 11.9 Å². The van der Waals surface area contributed by atoms with Gasteiger partial charge in [0.05, 0.1) is 11.0 Å². The third kappa shape index (κ3) is 3.90. The maximum absolute atomic E-state index is 11.4. The zero-order valence-corrected chi connectivity index (χ0v) is 10.9. The van der Waals surface area contributed by atoms with Gasteiger partial charge in [-0.05, 0) is 20.3 Å². The molecule has 1 aromatic rings. The number of carbonyl (C=O) groups excluding carboxylic acids is 1. The van der Waals surface area contributed by atoms with Gasteiger partial charge in [0.2, 0.25) is 5.91 Å². The first-order valence-corrected chi connectivity index (χ1v) is 6.43. The molecule has 0 spiro atoms. The first-order chi connectivity index (χ1) is 7.67. The molecule has 0 aliphatic carbocycles. The highest BCUT2D eigenvalue weighted by Gasteiger charge is 2.11. The average Bonchev–Trinajstić information content (AvgIpc) is 2.74. The molecule has 0 saturated carbocycles. The Morgan fingerprint density at radius 2 is 2.31 bits per heavy atom. The van der Waals surface area contributed by atoms with Gasteiger partial charge >= 0.3 is 0 Å². The summed E-state index contributed by atoms with van der Waals surface area (Å²) in [6.07, 6.45) is 2.84. The quantitative estimate of drug-likeness (QED) is 0.790. The Kier molecular flexibility index (Phi) is 5.42. The van der Waals surface area contributed by atoms with Gasteiger partial charge in [0.25, 0.3) is 0 Å². The molecule has 1 heterocycles. The van der Waals surface area contributed by atoms with Gasteiger partial charge in [-0.2, -0.15) is 0 Å². The molecule has 1 rings (SSSR count). The second kappa shape index (κ2) is 6.60. The third-order valence-electron chi connectivity index (χ3n) is 2.23. The topological polar surface area (TPSA) is 54.0 Å². The highest BCUT2D eigenvalue weighted by Crippen LogP contribution is 2.12. The highest BCUT2D eigenvalue weighted by atomic mass is 32.1. The molecule has 1 aromatic heterocycles. The van der Waals surface area contributed by atoms with Gasteiger partial charge < -0.3 is 10.6 Å². The van der Waals surface area contributed by atoms with Gasteiger partial charge in [-0.25, -0.2) is 4.98 Å². The van der Waals surface area contributed by atoms with Crippen molar-refractivity contribution in [2.24, 2.45) is 0 Å². The standard InChI is InChI=1S/C11H19N3OS/c1-4-10-14-7-9(16-10)6-13-8(3)11(15)12-5-2/h7-8,13H,4-6H2,1-3H3,(H,12,15). The van der Waals surface area contributed by atoms with E-state index < -0.39 is 0 Å². The van der Waals surface area contributed by atoms with E-state index in [1.165, 1.54) is 4.88 Å². The van der Waals surface area contributed by atoms with E-state index in [9.17, 15) is 4.79 Å². The number of nitrogens with one attached hydrogen (secondary N) is 2. The van der Waals surface area contributed by atoms with Gasteiger partial charge in [-0.15, -0.1) is 11.3 Å². The van der Waals surface area contributed by atoms with Gasteiger partial charge in [0.1, 0.15) is 0 Å². The van der Waals surface area contributed by atoms with Crippen molar-refractivity contribution in [1.82, 2.24) is 15.6 Å². The summed E-state index contributed by atoms with van der Waals surface area (Å²) in [6, 6.07) is -0.160. The maximum Gasteiger partial charge on any atom is 0.236 e. The van der Waals surface area contributed by atoms with E-state index in [1.54, 1.807) is 11.3 Å². The summed E-state index contributed by atoms with van der Waals surface area (Å²) in [4.78, 5) is 16.9. The number of amides is 1. The molecule has 0 fully saturated rings. The molecular weight excluding hydrogens is 222 g/mol. The molecule has 0 bridgehead atoms. The molecule has 1 unspecified atom stereocenters. The van der Waals surface area contributed by atoms with Crippen molar-refractivity contribution in [2.45, 2.75) is 39.8 Å². The molecule has 5 heteroatoms. The minimum Gasteiger partial charge on any atom is -0.355 e. The first kappa shape index (κ1) is 13.1. The van der Waals surface area contributed by atoms with Crippen LogP contribution in [0, 0.1) is 0 Å². The minimum atomic E-state index is -0.160. The number of rotatable bonds is 6. The number of nitrogens with zero attached hydrogens (tertiary/aromatic N) is 1. The third-order valence-corrected chi connectivity index (χ3v) is 3.37. The van der Waals surface area contributed by atoms with Crippen LogP contribution in [0.2, 0.25) is 0 Å². The van der Waals surface area contributed by atoms with Crippen LogP contribution in [-0.2, 0) is 17.8 Å². The fraction of sp³-hybridized carbons (Fsp3) is 0.636. The van der Waals surface area contributed by atoms with Gasteiger partial charge in [-0.3, -0.25) is 4.79 Å². The minimum absolute atomic E-state index is 0.0442. The maximum atomic E-state index is 11.4. The largest absolute Gasteiger partial charge is 0.355 e. The summed E-state index contributed by atoms with van der Waals surface area (Å²) < 4.78 is 0. The second-order valence-electron chi connectivity index (χ2n) is 3.57. The lowest BCUT2D eigenvalue weighted by Gasteiger charge is -2.11. The van der Waals surface area contributed by atoms with Crippen molar-refractivity contribution in [3.63, 3.8) is 0 Å². The fourth-order valence-corrected chi connectivity index (χ4v) is 2.08. The Morgan fingerprint density at radius 3 is 2.88 bits per heavy atom. The lowest BCUT2D eigenvalue weighted by Crippen LogP contribution is -2.41. The van der Waals surface area contributed by atoms with E-state index in [4.69, 9.17) is 0 Å². The molecule has 90 valence electrons. The summed E-state index contributed by atoms with van der Waals surface area (Å²) in [6.45, 7) is 7.25.